The normalized spacial score (nSPS) is 15.2. The molecule has 1 N–H and O–H groups in total. The molecule has 1 heterocycles. The first-order chi connectivity index (χ1) is 13.5. The summed E-state index contributed by atoms with van der Waals surface area (Å²) >= 11 is 0. The molecule has 0 bridgehead atoms. The van der Waals surface area contributed by atoms with E-state index in [1.807, 2.05) is 24.3 Å². The van der Waals surface area contributed by atoms with Gasteiger partial charge in [0.2, 0.25) is 10.0 Å². The van der Waals surface area contributed by atoms with Crippen LogP contribution >= 0.6 is 0 Å². The summed E-state index contributed by atoms with van der Waals surface area (Å²) in [6, 6.07) is 12.1. The van der Waals surface area contributed by atoms with E-state index in [1.54, 1.807) is 6.07 Å². The van der Waals surface area contributed by atoms with Crippen LogP contribution in [0.15, 0.2) is 47.4 Å². The molecule has 0 unspecified atom stereocenters. The summed E-state index contributed by atoms with van der Waals surface area (Å²) in [6.07, 6.45) is 3.64. The van der Waals surface area contributed by atoms with Crippen LogP contribution in [-0.4, -0.2) is 38.8 Å². The minimum atomic E-state index is -3.71. The third-order valence-corrected chi connectivity index (χ3v) is 6.90. The number of rotatable bonds is 6. The molecule has 7 heteroatoms. The maximum Gasteiger partial charge on any atom is 0.255 e. The minimum Gasteiger partial charge on any atom is -0.495 e. The lowest BCUT2D eigenvalue weighted by Crippen LogP contribution is -2.35. The summed E-state index contributed by atoms with van der Waals surface area (Å²) in [7, 11) is -2.28. The van der Waals surface area contributed by atoms with Gasteiger partial charge < -0.3 is 10.1 Å². The Hall–Kier alpha value is -2.38. The van der Waals surface area contributed by atoms with Crippen LogP contribution in [0.1, 0.15) is 42.1 Å². The van der Waals surface area contributed by atoms with Gasteiger partial charge in [0.05, 0.1) is 7.11 Å². The zero-order chi connectivity index (χ0) is 20.1. The first-order valence-electron chi connectivity index (χ1n) is 9.54. The highest BCUT2D eigenvalue weighted by Gasteiger charge is 2.29. The lowest BCUT2D eigenvalue weighted by atomic mass is 10.1. The van der Waals surface area contributed by atoms with Crippen molar-refractivity contribution in [1.29, 1.82) is 0 Å². The number of carbonyl (C=O) groups is 1. The number of hydrogen-bond acceptors (Lipinski definition) is 4. The van der Waals surface area contributed by atoms with Gasteiger partial charge in [-0.05, 0) is 55.2 Å². The van der Waals surface area contributed by atoms with Gasteiger partial charge in [-0.1, -0.05) is 25.5 Å². The SMILES string of the molecule is CCc1ccc(NC(=O)c2ccc(OC)c(S(=O)(=O)N3CCCCC3)c2)cc1. The molecule has 3 rings (SSSR count). The number of carbonyl (C=O) groups excluding carboxylic acids is 1. The monoisotopic (exact) mass is 402 g/mol. The molecule has 1 amide bonds. The number of sulfonamides is 1. The summed E-state index contributed by atoms with van der Waals surface area (Å²) in [4.78, 5) is 12.7. The molecule has 0 aromatic heterocycles. The second-order valence-corrected chi connectivity index (χ2v) is 8.74. The highest BCUT2D eigenvalue weighted by molar-refractivity contribution is 7.89. The Morgan fingerprint density at radius 1 is 1.07 bits per heavy atom. The fraction of sp³-hybridized carbons (Fsp3) is 0.381. The summed E-state index contributed by atoms with van der Waals surface area (Å²) in [5.74, 6) is -0.114. The van der Waals surface area contributed by atoms with Crippen LogP contribution in [0.2, 0.25) is 0 Å². The fourth-order valence-corrected chi connectivity index (χ4v) is 4.99. The van der Waals surface area contributed by atoms with E-state index >= 15 is 0 Å². The molecule has 0 radical (unpaired) electrons. The summed E-state index contributed by atoms with van der Waals surface area (Å²) < 4.78 is 32.9. The molecule has 1 fully saturated rings. The molecule has 2 aromatic carbocycles. The molecular weight excluding hydrogens is 376 g/mol. The number of hydrogen-bond donors (Lipinski definition) is 1. The Morgan fingerprint density at radius 3 is 2.36 bits per heavy atom. The number of ether oxygens (including phenoxy) is 1. The van der Waals surface area contributed by atoms with E-state index in [-0.39, 0.29) is 22.1 Å². The molecule has 28 heavy (non-hydrogen) atoms. The zero-order valence-electron chi connectivity index (χ0n) is 16.3. The van der Waals surface area contributed by atoms with Crippen molar-refractivity contribution >= 4 is 21.6 Å². The summed E-state index contributed by atoms with van der Waals surface area (Å²) in [6.45, 7) is 3.05. The lowest BCUT2D eigenvalue weighted by molar-refractivity contribution is 0.102. The van der Waals surface area contributed by atoms with Gasteiger partial charge >= 0.3 is 0 Å². The second kappa shape index (κ2) is 8.75. The minimum absolute atomic E-state index is 0.0332. The smallest absolute Gasteiger partial charge is 0.255 e. The average molecular weight is 403 g/mol. The van der Waals surface area contributed by atoms with Crippen molar-refractivity contribution in [2.24, 2.45) is 0 Å². The highest BCUT2D eigenvalue weighted by Crippen LogP contribution is 2.30. The summed E-state index contributed by atoms with van der Waals surface area (Å²) in [5.41, 5.74) is 2.12. The molecule has 1 aliphatic heterocycles. The molecule has 0 aliphatic carbocycles. The Balaban J connectivity index is 1.88. The highest BCUT2D eigenvalue weighted by atomic mass is 32.2. The quantitative estimate of drug-likeness (QED) is 0.800. The number of benzene rings is 2. The Kier molecular flexibility index (Phi) is 6.36. The van der Waals surface area contributed by atoms with Crippen molar-refractivity contribution in [1.82, 2.24) is 4.31 Å². The second-order valence-electron chi connectivity index (χ2n) is 6.83. The van der Waals surface area contributed by atoms with E-state index in [9.17, 15) is 13.2 Å². The molecule has 1 saturated heterocycles. The Bertz CT molecular complexity index is 933. The zero-order valence-corrected chi connectivity index (χ0v) is 17.1. The predicted octanol–water partition coefficient (Wildman–Crippen LogP) is 3.68. The molecule has 0 saturated carbocycles. The van der Waals surface area contributed by atoms with Crippen molar-refractivity contribution in [2.75, 3.05) is 25.5 Å². The molecule has 1 aliphatic rings. The maximum atomic E-state index is 13.1. The van der Waals surface area contributed by atoms with Crippen LogP contribution in [0.3, 0.4) is 0 Å². The van der Waals surface area contributed by atoms with Crippen LogP contribution in [0.5, 0.6) is 5.75 Å². The van der Waals surface area contributed by atoms with E-state index < -0.39 is 10.0 Å². The van der Waals surface area contributed by atoms with Gasteiger partial charge in [0.1, 0.15) is 10.6 Å². The number of piperidine rings is 1. The number of nitrogens with zero attached hydrogens (tertiary/aromatic N) is 1. The molecule has 150 valence electrons. The van der Waals surface area contributed by atoms with Gasteiger partial charge in [-0.2, -0.15) is 4.31 Å². The van der Waals surface area contributed by atoms with Gasteiger partial charge in [0, 0.05) is 24.3 Å². The van der Waals surface area contributed by atoms with E-state index in [1.165, 1.54) is 29.1 Å². The van der Waals surface area contributed by atoms with Gasteiger partial charge in [0.15, 0.2) is 0 Å². The Morgan fingerprint density at radius 2 is 1.75 bits per heavy atom. The third-order valence-electron chi connectivity index (χ3n) is 4.98. The number of anilines is 1. The molecule has 6 nitrogen and oxygen atoms in total. The van der Waals surface area contributed by atoms with E-state index in [4.69, 9.17) is 4.74 Å². The van der Waals surface area contributed by atoms with Gasteiger partial charge in [0.25, 0.3) is 5.91 Å². The standard InChI is InChI=1S/C21H26N2O4S/c1-3-16-7-10-18(11-8-16)22-21(24)17-9-12-19(27-2)20(15-17)28(25,26)23-13-5-4-6-14-23/h7-12,15H,3-6,13-14H2,1-2H3,(H,22,24). The van der Waals surface area contributed by atoms with Gasteiger partial charge in [-0.3, -0.25) is 4.79 Å². The first-order valence-corrected chi connectivity index (χ1v) is 11.0. The fourth-order valence-electron chi connectivity index (χ4n) is 3.29. The third kappa shape index (κ3) is 4.36. The number of nitrogens with one attached hydrogen (secondary N) is 1. The largest absolute Gasteiger partial charge is 0.495 e. The van der Waals surface area contributed by atoms with E-state index in [2.05, 4.69) is 12.2 Å². The van der Waals surface area contributed by atoms with Crippen LogP contribution in [0.25, 0.3) is 0 Å². The van der Waals surface area contributed by atoms with Crippen LogP contribution in [0, 0.1) is 0 Å². The molecule has 0 atom stereocenters. The van der Waals surface area contributed by atoms with E-state index in [0.29, 0.717) is 18.8 Å². The summed E-state index contributed by atoms with van der Waals surface area (Å²) in [5, 5.41) is 2.82. The van der Waals surface area contributed by atoms with Crippen LogP contribution in [0.4, 0.5) is 5.69 Å². The van der Waals surface area contributed by atoms with Crippen molar-refractivity contribution in [3.05, 3.63) is 53.6 Å². The van der Waals surface area contributed by atoms with Crippen molar-refractivity contribution in [2.45, 2.75) is 37.5 Å². The average Bonchev–Trinajstić information content (AvgIpc) is 2.74. The topological polar surface area (TPSA) is 75.7 Å². The van der Waals surface area contributed by atoms with Gasteiger partial charge in [-0.25, -0.2) is 8.42 Å². The Labute approximate surface area is 166 Å². The van der Waals surface area contributed by atoms with Gasteiger partial charge in [-0.15, -0.1) is 0 Å². The predicted molar refractivity (Wildman–Crippen MR) is 109 cm³/mol. The van der Waals surface area contributed by atoms with Crippen LogP contribution in [-0.2, 0) is 16.4 Å². The maximum absolute atomic E-state index is 13.1. The first kappa shape index (κ1) is 20.4. The van der Waals surface area contributed by atoms with Crippen molar-refractivity contribution in [3.63, 3.8) is 0 Å². The van der Waals surface area contributed by atoms with Crippen molar-refractivity contribution in [3.8, 4) is 5.75 Å². The number of amides is 1. The van der Waals surface area contributed by atoms with Crippen molar-refractivity contribution < 1.29 is 17.9 Å². The van der Waals surface area contributed by atoms with E-state index in [0.717, 1.165) is 25.7 Å². The lowest BCUT2D eigenvalue weighted by Gasteiger charge is -2.26. The number of aryl methyl sites for hydroxylation is 1. The molecular formula is C21H26N2O4S. The van der Waals surface area contributed by atoms with Crippen LogP contribution < -0.4 is 10.1 Å². The number of methoxy groups -OCH3 is 1. The molecule has 2 aromatic rings. The molecule has 0 spiro atoms.